The number of anilines is 1. The molecule has 0 spiro atoms. The van der Waals surface area contributed by atoms with Crippen molar-refractivity contribution in [3.63, 3.8) is 0 Å². The molecule has 0 aliphatic heterocycles. The molecule has 2 unspecified atom stereocenters. The van der Waals surface area contributed by atoms with Crippen molar-refractivity contribution in [1.82, 2.24) is 9.97 Å². The maximum Gasteiger partial charge on any atom is 0.148 e. The van der Waals surface area contributed by atoms with Gasteiger partial charge >= 0.3 is 0 Å². The van der Waals surface area contributed by atoms with Gasteiger partial charge in [-0.1, -0.05) is 35.0 Å². The lowest BCUT2D eigenvalue weighted by Gasteiger charge is -2.20. The van der Waals surface area contributed by atoms with E-state index in [4.69, 9.17) is 0 Å². The molecule has 0 bridgehead atoms. The number of nitrogens with zero attached hydrogens (tertiary/aromatic N) is 2. The highest BCUT2D eigenvalue weighted by Crippen LogP contribution is 2.18. The Hall–Kier alpha value is -1.16. The minimum atomic E-state index is 0.360. The van der Waals surface area contributed by atoms with Gasteiger partial charge in [-0.25, -0.2) is 9.97 Å². The number of fused-ring (bicyclic) bond motifs is 1. The molecule has 2 atom stereocenters. The summed E-state index contributed by atoms with van der Waals surface area (Å²) in [6.07, 6.45) is 0. The van der Waals surface area contributed by atoms with Gasteiger partial charge < -0.3 is 5.32 Å². The molecule has 18 heavy (non-hydrogen) atoms. The number of aryl methyl sites for hydroxylation is 1. The van der Waals surface area contributed by atoms with Crippen molar-refractivity contribution in [2.45, 2.75) is 26.8 Å². The largest absolute Gasteiger partial charge is 0.366 e. The Kier molecular flexibility index (Phi) is 4.17. The summed E-state index contributed by atoms with van der Waals surface area (Å²) in [6.45, 7) is 6.37. The van der Waals surface area contributed by atoms with Crippen LogP contribution in [0, 0.1) is 12.8 Å². The summed E-state index contributed by atoms with van der Waals surface area (Å²) in [4.78, 5) is 9.22. The molecule has 2 rings (SSSR count). The summed E-state index contributed by atoms with van der Waals surface area (Å²) in [7, 11) is 0. The van der Waals surface area contributed by atoms with Gasteiger partial charge in [0.25, 0.3) is 0 Å². The Morgan fingerprint density at radius 3 is 2.39 bits per heavy atom. The Morgan fingerprint density at radius 2 is 1.78 bits per heavy atom. The molecule has 0 radical (unpaired) electrons. The minimum absolute atomic E-state index is 0.360. The van der Waals surface area contributed by atoms with E-state index < -0.39 is 0 Å². The summed E-state index contributed by atoms with van der Waals surface area (Å²) in [5.41, 5.74) is 2.83. The summed E-state index contributed by atoms with van der Waals surface area (Å²) < 4.78 is 0. The van der Waals surface area contributed by atoms with Gasteiger partial charge in [-0.2, -0.15) is 0 Å². The van der Waals surface area contributed by atoms with Gasteiger partial charge in [0.15, 0.2) is 0 Å². The summed E-state index contributed by atoms with van der Waals surface area (Å²) >= 11 is 3.51. The van der Waals surface area contributed by atoms with E-state index in [1.165, 1.54) is 0 Å². The van der Waals surface area contributed by atoms with E-state index in [9.17, 15) is 0 Å². The topological polar surface area (TPSA) is 37.8 Å². The fourth-order valence-corrected chi connectivity index (χ4v) is 2.28. The number of nitrogens with one attached hydrogen (secondary N) is 1. The van der Waals surface area contributed by atoms with E-state index in [1.54, 1.807) is 0 Å². The highest BCUT2D eigenvalue weighted by Gasteiger charge is 2.13. The average molecular weight is 308 g/mol. The Bertz CT molecular complexity index is 542. The SMILES string of the molecule is Cc1nc2ccccc2nc1NC(C)C(C)CBr. The standard InChI is InChI=1S/C14H18BrN3/c1-9(8-15)10(2)17-14-11(3)16-12-6-4-5-7-13(12)18-14/h4-7,9-10H,8H2,1-3H3,(H,17,18). The number of aromatic nitrogens is 2. The van der Waals surface area contributed by atoms with Crippen LogP contribution in [0.25, 0.3) is 11.0 Å². The van der Waals surface area contributed by atoms with Crippen LogP contribution < -0.4 is 5.32 Å². The summed E-state index contributed by atoms with van der Waals surface area (Å²) in [6, 6.07) is 8.31. The zero-order chi connectivity index (χ0) is 13.1. The highest BCUT2D eigenvalue weighted by atomic mass is 79.9. The first-order chi connectivity index (χ1) is 8.61. The molecular weight excluding hydrogens is 290 g/mol. The third-order valence-electron chi connectivity index (χ3n) is 3.21. The third-order valence-corrected chi connectivity index (χ3v) is 4.23. The zero-order valence-corrected chi connectivity index (χ0v) is 12.5. The number of alkyl halides is 1. The van der Waals surface area contributed by atoms with E-state index in [0.717, 1.165) is 27.9 Å². The molecule has 0 saturated carbocycles. The predicted octanol–water partition coefficient (Wildman–Crippen LogP) is 3.77. The first-order valence-corrected chi connectivity index (χ1v) is 7.30. The Balaban J connectivity index is 2.30. The molecule has 4 heteroatoms. The van der Waals surface area contributed by atoms with Gasteiger partial charge in [-0.15, -0.1) is 0 Å². The van der Waals surface area contributed by atoms with Gasteiger partial charge in [-0.05, 0) is 31.9 Å². The van der Waals surface area contributed by atoms with Crippen LogP contribution in [0.5, 0.6) is 0 Å². The molecule has 0 aliphatic rings. The highest BCUT2D eigenvalue weighted by molar-refractivity contribution is 9.09. The van der Waals surface area contributed by atoms with Crippen molar-refractivity contribution >= 4 is 32.8 Å². The molecule has 0 fully saturated rings. The number of para-hydroxylation sites is 2. The average Bonchev–Trinajstić information content (AvgIpc) is 2.38. The van der Waals surface area contributed by atoms with Gasteiger partial charge in [0, 0.05) is 11.4 Å². The molecule has 1 N–H and O–H groups in total. The van der Waals surface area contributed by atoms with Crippen LogP contribution in [-0.4, -0.2) is 21.3 Å². The molecule has 0 aliphatic carbocycles. The predicted molar refractivity (Wildman–Crippen MR) is 80.3 cm³/mol. The second-order valence-corrected chi connectivity index (χ2v) is 5.36. The molecule has 1 heterocycles. The first kappa shape index (κ1) is 13.3. The second-order valence-electron chi connectivity index (χ2n) is 4.71. The fraction of sp³-hybridized carbons (Fsp3) is 0.429. The Morgan fingerprint density at radius 1 is 1.17 bits per heavy atom. The first-order valence-electron chi connectivity index (χ1n) is 6.17. The number of hydrogen-bond acceptors (Lipinski definition) is 3. The molecular formula is C14H18BrN3. The molecule has 1 aromatic carbocycles. The maximum atomic E-state index is 4.64. The smallest absolute Gasteiger partial charge is 0.148 e. The number of rotatable bonds is 4. The molecule has 2 aromatic rings. The lowest BCUT2D eigenvalue weighted by atomic mass is 10.1. The fourth-order valence-electron chi connectivity index (χ4n) is 1.72. The second kappa shape index (κ2) is 5.65. The van der Waals surface area contributed by atoms with E-state index in [1.807, 2.05) is 31.2 Å². The van der Waals surface area contributed by atoms with Crippen LogP contribution in [0.2, 0.25) is 0 Å². The van der Waals surface area contributed by atoms with Crippen molar-refractivity contribution in [2.75, 3.05) is 10.6 Å². The van der Waals surface area contributed by atoms with Gasteiger partial charge in [0.2, 0.25) is 0 Å². The molecule has 0 saturated heterocycles. The van der Waals surface area contributed by atoms with Gasteiger partial charge in [-0.3, -0.25) is 0 Å². The lowest BCUT2D eigenvalue weighted by Crippen LogP contribution is -2.25. The number of benzene rings is 1. The van der Waals surface area contributed by atoms with Gasteiger partial charge in [0.05, 0.1) is 16.7 Å². The molecule has 96 valence electrons. The van der Waals surface area contributed by atoms with Crippen LogP contribution in [-0.2, 0) is 0 Å². The van der Waals surface area contributed by atoms with Crippen molar-refractivity contribution in [1.29, 1.82) is 0 Å². The lowest BCUT2D eigenvalue weighted by molar-refractivity contribution is 0.570. The quantitative estimate of drug-likeness (QED) is 0.874. The summed E-state index contributed by atoms with van der Waals surface area (Å²) in [5, 5.41) is 4.42. The number of hydrogen-bond donors (Lipinski definition) is 1. The normalized spacial score (nSPS) is 14.4. The van der Waals surface area contributed by atoms with E-state index in [2.05, 4.69) is 45.1 Å². The van der Waals surface area contributed by atoms with Crippen LogP contribution in [0.1, 0.15) is 19.5 Å². The van der Waals surface area contributed by atoms with Crippen LogP contribution in [0.4, 0.5) is 5.82 Å². The van der Waals surface area contributed by atoms with Crippen molar-refractivity contribution in [2.24, 2.45) is 5.92 Å². The van der Waals surface area contributed by atoms with Gasteiger partial charge in [0.1, 0.15) is 5.82 Å². The van der Waals surface area contributed by atoms with Crippen molar-refractivity contribution in [3.8, 4) is 0 Å². The number of halogens is 1. The monoisotopic (exact) mass is 307 g/mol. The van der Waals surface area contributed by atoms with Crippen LogP contribution in [0.3, 0.4) is 0 Å². The zero-order valence-electron chi connectivity index (χ0n) is 10.9. The molecule has 1 aromatic heterocycles. The van der Waals surface area contributed by atoms with E-state index in [0.29, 0.717) is 12.0 Å². The minimum Gasteiger partial charge on any atom is -0.366 e. The van der Waals surface area contributed by atoms with E-state index in [-0.39, 0.29) is 0 Å². The van der Waals surface area contributed by atoms with Crippen LogP contribution >= 0.6 is 15.9 Å². The maximum absolute atomic E-state index is 4.64. The van der Waals surface area contributed by atoms with Crippen molar-refractivity contribution < 1.29 is 0 Å². The van der Waals surface area contributed by atoms with Crippen LogP contribution in [0.15, 0.2) is 24.3 Å². The third kappa shape index (κ3) is 2.80. The van der Waals surface area contributed by atoms with Crippen molar-refractivity contribution in [3.05, 3.63) is 30.0 Å². The molecule has 3 nitrogen and oxygen atoms in total. The molecule has 0 amide bonds. The Labute approximate surface area is 116 Å². The summed E-state index contributed by atoms with van der Waals surface area (Å²) in [5.74, 6) is 1.42. The van der Waals surface area contributed by atoms with E-state index >= 15 is 0 Å².